The minimum atomic E-state index is 0.658. The predicted octanol–water partition coefficient (Wildman–Crippen LogP) is 4.16. The molecule has 5 nitrogen and oxygen atoms in total. The van der Waals surface area contributed by atoms with E-state index in [9.17, 15) is 0 Å². The zero-order chi connectivity index (χ0) is 19.3. The standard InChI is InChI=1S/C23H27N5/c1-18-8-10-21(11-9-18)25-23-24-19(2)16-22(26-23)28-14-12-27(13-15-28)17-20-6-4-3-5-7-20/h3-11,16H,12-15,17H2,1-2H3,(H,24,25,26). The lowest BCUT2D eigenvalue weighted by molar-refractivity contribution is 0.249. The molecule has 1 N–H and O–H groups in total. The zero-order valence-corrected chi connectivity index (χ0v) is 16.6. The van der Waals surface area contributed by atoms with Crippen molar-refractivity contribution in [1.82, 2.24) is 14.9 Å². The van der Waals surface area contributed by atoms with Crippen molar-refractivity contribution in [2.75, 3.05) is 36.4 Å². The summed E-state index contributed by atoms with van der Waals surface area (Å²) in [5.41, 5.74) is 4.60. The molecule has 1 aliphatic heterocycles. The van der Waals surface area contributed by atoms with Crippen molar-refractivity contribution in [3.8, 4) is 0 Å². The van der Waals surface area contributed by atoms with E-state index < -0.39 is 0 Å². The summed E-state index contributed by atoms with van der Waals surface area (Å²) in [5, 5.41) is 3.33. The molecule has 0 unspecified atom stereocenters. The number of aryl methyl sites for hydroxylation is 2. The highest BCUT2D eigenvalue weighted by molar-refractivity contribution is 5.56. The van der Waals surface area contributed by atoms with Crippen LogP contribution in [-0.2, 0) is 6.54 Å². The normalized spacial score (nSPS) is 14.9. The number of benzene rings is 2. The van der Waals surface area contributed by atoms with Crippen molar-refractivity contribution in [2.24, 2.45) is 0 Å². The molecule has 0 amide bonds. The molecule has 1 fully saturated rings. The Kier molecular flexibility index (Phi) is 5.53. The molecule has 1 saturated heterocycles. The van der Waals surface area contributed by atoms with Gasteiger partial charge >= 0.3 is 0 Å². The first-order valence-electron chi connectivity index (χ1n) is 9.86. The average Bonchev–Trinajstić information content (AvgIpc) is 2.71. The molecule has 2 heterocycles. The molecule has 0 bridgehead atoms. The molecule has 0 atom stereocenters. The van der Waals surface area contributed by atoms with Gasteiger partial charge in [-0.05, 0) is 31.5 Å². The molecular weight excluding hydrogens is 346 g/mol. The van der Waals surface area contributed by atoms with Crippen LogP contribution in [0, 0.1) is 13.8 Å². The van der Waals surface area contributed by atoms with E-state index in [1.165, 1.54) is 11.1 Å². The van der Waals surface area contributed by atoms with E-state index in [1.807, 2.05) is 6.92 Å². The highest BCUT2D eigenvalue weighted by atomic mass is 15.3. The Morgan fingerprint density at radius 2 is 1.57 bits per heavy atom. The second kappa shape index (κ2) is 8.40. The largest absolute Gasteiger partial charge is 0.354 e. The number of nitrogens with one attached hydrogen (secondary N) is 1. The molecule has 4 rings (SSSR count). The number of nitrogens with zero attached hydrogens (tertiary/aromatic N) is 4. The molecule has 28 heavy (non-hydrogen) atoms. The van der Waals surface area contributed by atoms with Gasteiger partial charge in [0, 0.05) is 50.2 Å². The summed E-state index contributed by atoms with van der Waals surface area (Å²) in [6.07, 6.45) is 0. The van der Waals surface area contributed by atoms with Crippen molar-refractivity contribution in [2.45, 2.75) is 20.4 Å². The fraction of sp³-hybridized carbons (Fsp3) is 0.304. The van der Waals surface area contributed by atoms with Crippen LogP contribution < -0.4 is 10.2 Å². The van der Waals surface area contributed by atoms with Crippen LogP contribution in [-0.4, -0.2) is 41.0 Å². The zero-order valence-electron chi connectivity index (χ0n) is 16.6. The van der Waals surface area contributed by atoms with Gasteiger partial charge in [-0.1, -0.05) is 48.0 Å². The van der Waals surface area contributed by atoms with E-state index in [0.717, 1.165) is 49.9 Å². The smallest absolute Gasteiger partial charge is 0.229 e. The number of hydrogen-bond donors (Lipinski definition) is 1. The van der Waals surface area contributed by atoms with E-state index in [-0.39, 0.29) is 0 Å². The maximum absolute atomic E-state index is 4.77. The number of aromatic nitrogens is 2. The van der Waals surface area contributed by atoms with Gasteiger partial charge in [0.1, 0.15) is 5.82 Å². The Bertz CT molecular complexity index is 900. The van der Waals surface area contributed by atoms with Crippen molar-refractivity contribution < 1.29 is 0 Å². The Morgan fingerprint density at radius 1 is 0.857 bits per heavy atom. The molecule has 2 aromatic carbocycles. The Morgan fingerprint density at radius 3 is 2.29 bits per heavy atom. The van der Waals surface area contributed by atoms with Gasteiger partial charge in [0.05, 0.1) is 0 Å². The van der Waals surface area contributed by atoms with Crippen molar-refractivity contribution in [3.05, 3.63) is 77.5 Å². The van der Waals surface area contributed by atoms with E-state index in [2.05, 4.69) is 87.7 Å². The summed E-state index contributed by atoms with van der Waals surface area (Å²) in [5.74, 6) is 1.66. The van der Waals surface area contributed by atoms with Gasteiger partial charge in [-0.15, -0.1) is 0 Å². The molecule has 0 spiro atoms. The van der Waals surface area contributed by atoms with Crippen LogP contribution in [0.25, 0.3) is 0 Å². The predicted molar refractivity (Wildman–Crippen MR) is 115 cm³/mol. The molecule has 0 aliphatic carbocycles. The van der Waals surface area contributed by atoms with Crippen molar-refractivity contribution in [3.63, 3.8) is 0 Å². The lowest BCUT2D eigenvalue weighted by Crippen LogP contribution is -2.46. The van der Waals surface area contributed by atoms with Crippen molar-refractivity contribution in [1.29, 1.82) is 0 Å². The van der Waals surface area contributed by atoms with E-state index in [1.54, 1.807) is 0 Å². The topological polar surface area (TPSA) is 44.3 Å². The van der Waals surface area contributed by atoms with Crippen LogP contribution in [0.1, 0.15) is 16.8 Å². The van der Waals surface area contributed by atoms with Gasteiger partial charge in [-0.3, -0.25) is 4.90 Å². The number of rotatable bonds is 5. The lowest BCUT2D eigenvalue weighted by Gasteiger charge is -2.35. The molecule has 144 valence electrons. The molecular formula is C23H27N5. The molecule has 5 heteroatoms. The minimum absolute atomic E-state index is 0.658. The Hall–Kier alpha value is -2.92. The van der Waals surface area contributed by atoms with E-state index in [0.29, 0.717) is 5.95 Å². The fourth-order valence-electron chi connectivity index (χ4n) is 3.51. The third kappa shape index (κ3) is 4.67. The average molecular weight is 374 g/mol. The van der Waals surface area contributed by atoms with Crippen LogP contribution in [0.3, 0.4) is 0 Å². The van der Waals surface area contributed by atoms with E-state index in [4.69, 9.17) is 4.98 Å². The van der Waals surface area contributed by atoms with Crippen LogP contribution in [0.5, 0.6) is 0 Å². The highest BCUT2D eigenvalue weighted by Gasteiger charge is 2.19. The first kappa shape index (κ1) is 18.4. The lowest BCUT2D eigenvalue weighted by atomic mass is 10.2. The summed E-state index contributed by atoms with van der Waals surface area (Å²) < 4.78 is 0. The number of piperazine rings is 1. The quantitative estimate of drug-likeness (QED) is 0.727. The molecule has 0 saturated carbocycles. The first-order chi connectivity index (χ1) is 13.7. The second-order valence-corrected chi connectivity index (χ2v) is 7.43. The van der Waals surface area contributed by atoms with Gasteiger partial charge in [0.2, 0.25) is 5.95 Å². The summed E-state index contributed by atoms with van der Waals surface area (Å²) in [4.78, 5) is 14.2. The SMILES string of the molecule is Cc1ccc(Nc2nc(C)cc(N3CCN(Cc4ccccc4)CC3)n2)cc1. The second-order valence-electron chi connectivity index (χ2n) is 7.43. The summed E-state index contributed by atoms with van der Waals surface area (Å²) >= 11 is 0. The summed E-state index contributed by atoms with van der Waals surface area (Å²) in [7, 11) is 0. The number of hydrogen-bond acceptors (Lipinski definition) is 5. The van der Waals surface area contributed by atoms with Crippen molar-refractivity contribution >= 4 is 17.5 Å². The maximum atomic E-state index is 4.77. The van der Waals surface area contributed by atoms with Crippen LogP contribution in [0.4, 0.5) is 17.5 Å². The van der Waals surface area contributed by atoms with E-state index >= 15 is 0 Å². The minimum Gasteiger partial charge on any atom is -0.354 e. The molecule has 3 aromatic rings. The summed E-state index contributed by atoms with van der Waals surface area (Å²) in [6.45, 7) is 9.16. The first-order valence-corrected chi connectivity index (χ1v) is 9.86. The van der Waals surface area contributed by atoms with Gasteiger partial charge in [0.15, 0.2) is 0 Å². The number of anilines is 3. The Labute approximate surface area is 167 Å². The van der Waals surface area contributed by atoms with Gasteiger partial charge < -0.3 is 10.2 Å². The van der Waals surface area contributed by atoms with Gasteiger partial charge in [-0.25, -0.2) is 4.98 Å². The monoisotopic (exact) mass is 373 g/mol. The third-order valence-corrected chi connectivity index (χ3v) is 5.09. The van der Waals surface area contributed by atoms with Gasteiger partial charge in [0.25, 0.3) is 0 Å². The molecule has 1 aromatic heterocycles. The van der Waals surface area contributed by atoms with Crippen LogP contribution >= 0.6 is 0 Å². The molecule has 0 radical (unpaired) electrons. The molecule has 1 aliphatic rings. The summed E-state index contributed by atoms with van der Waals surface area (Å²) in [6, 6.07) is 21.1. The third-order valence-electron chi connectivity index (χ3n) is 5.09. The highest BCUT2D eigenvalue weighted by Crippen LogP contribution is 2.20. The maximum Gasteiger partial charge on any atom is 0.229 e. The van der Waals surface area contributed by atoms with Gasteiger partial charge in [-0.2, -0.15) is 4.98 Å². The van der Waals surface area contributed by atoms with Crippen LogP contribution in [0.15, 0.2) is 60.7 Å². The Balaban J connectivity index is 1.40. The van der Waals surface area contributed by atoms with Crippen LogP contribution in [0.2, 0.25) is 0 Å². The fourth-order valence-corrected chi connectivity index (χ4v) is 3.51.